The van der Waals surface area contributed by atoms with Crippen LogP contribution < -0.4 is 10.2 Å². The zero-order valence-electron chi connectivity index (χ0n) is 22.3. The monoisotopic (exact) mass is 544 g/mol. The number of rotatable bonds is 7. The van der Waals surface area contributed by atoms with Gasteiger partial charge in [-0.3, -0.25) is 30.4 Å². The number of carbonyl (C=O) groups excluding carboxylic acids is 3. The van der Waals surface area contributed by atoms with E-state index in [1.165, 1.54) is 31.5 Å². The van der Waals surface area contributed by atoms with Crippen LogP contribution in [0.1, 0.15) is 35.8 Å². The van der Waals surface area contributed by atoms with Crippen molar-refractivity contribution in [3.8, 4) is 11.8 Å². The lowest BCUT2D eigenvalue weighted by Gasteiger charge is -2.28. The lowest BCUT2D eigenvalue weighted by atomic mass is 9.95. The second kappa shape index (κ2) is 12.1. The fourth-order valence-electron chi connectivity index (χ4n) is 4.40. The number of nitrogens with zero attached hydrogens (tertiary/aromatic N) is 5. The summed E-state index contributed by atoms with van der Waals surface area (Å²) in [6.07, 6.45) is 5.31. The number of esters is 1. The van der Waals surface area contributed by atoms with E-state index in [-0.39, 0.29) is 36.8 Å². The van der Waals surface area contributed by atoms with Gasteiger partial charge in [0, 0.05) is 32.5 Å². The molecule has 1 fully saturated rings. The van der Waals surface area contributed by atoms with Crippen molar-refractivity contribution in [1.82, 2.24) is 24.9 Å². The van der Waals surface area contributed by atoms with E-state index in [0.717, 1.165) is 10.6 Å². The maximum Gasteiger partial charge on any atom is 0.375 e. The minimum absolute atomic E-state index is 0.0953. The van der Waals surface area contributed by atoms with Crippen LogP contribution in [0.4, 0.5) is 5.82 Å². The summed E-state index contributed by atoms with van der Waals surface area (Å²) < 4.78 is 10.3. The first-order valence-corrected chi connectivity index (χ1v) is 12.5. The quantitative estimate of drug-likeness (QED) is 0.0761. The van der Waals surface area contributed by atoms with E-state index in [9.17, 15) is 19.6 Å². The molecule has 3 aromatic rings. The minimum Gasteiger partial charge on any atom is -0.494 e. The third-order valence-electron chi connectivity index (χ3n) is 6.45. The summed E-state index contributed by atoms with van der Waals surface area (Å²) in [5, 5.41) is 19.1. The Labute approximate surface area is 229 Å². The highest BCUT2D eigenvalue weighted by atomic mass is 16.5. The van der Waals surface area contributed by atoms with Crippen molar-refractivity contribution < 1.29 is 23.9 Å². The Morgan fingerprint density at radius 1 is 1.25 bits per heavy atom. The third-order valence-corrected chi connectivity index (χ3v) is 6.45. The zero-order chi connectivity index (χ0) is 28.8. The number of allylic oxidation sites excluding steroid dienone is 1. The first kappa shape index (κ1) is 27.8. The number of piperidine rings is 1. The predicted molar refractivity (Wildman–Crippen MR) is 145 cm³/mol. The van der Waals surface area contributed by atoms with Gasteiger partial charge in [0.25, 0.3) is 11.7 Å². The van der Waals surface area contributed by atoms with Crippen molar-refractivity contribution in [3.05, 3.63) is 53.6 Å². The molecule has 4 rings (SSSR count). The number of aromatic amines is 1. The smallest absolute Gasteiger partial charge is 0.375 e. The van der Waals surface area contributed by atoms with E-state index in [1.807, 2.05) is 6.07 Å². The molecule has 13 heteroatoms. The molecule has 1 aliphatic heterocycles. The number of fused-ring (bicyclic) bond motifs is 1. The van der Waals surface area contributed by atoms with Gasteiger partial charge in [0.1, 0.15) is 11.8 Å². The topological polar surface area (TPSA) is 177 Å². The number of anilines is 1. The Kier molecular flexibility index (Phi) is 8.39. The fraction of sp³-hybridized carbons (Fsp3) is 0.296. The highest BCUT2D eigenvalue weighted by Crippen LogP contribution is 2.33. The van der Waals surface area contributed by atoms with E-state index in [0.29, 0.717) is 35.0 Å². The summed E-state index contributed by atoms with van der Waals surface area (Å²) in [4.78, 5) is 51.5. The second-order valence-corrected chi connectivity index (χ2v) is 8.79. The molecule has 0 saturated carbocycles. The number of nitrogens with one attached hydrogen (secondary N) is 3. The number of likely N-dealkylation sites (N-methyl/N-ethyl adjacent to an activating group) is 1. The highest BCUT2D eigenvalue weighted by molar-refractivity contribution is 6.45. The number of hydrogen-bond donors (Lipinski definition) is 3. The number of nitriles is 1. The van der Waals surface area contributed by atoms with Crippen molar-refractivity contribution in [2.75, 3.05) is 39.3 Å². The molecular weight excluding hydrogens is 516 g/mol. The number of methoxy groups -OCH3 is 1. The molecule has 3 aromatic heterocycles. The van der Waals surface area contributed by atoms with Crippen LogP contribution in [0.15, 0.2) is 42.4 Å². The molecule has 0 unspecified atom stereocenters. The van der Waals surface area contributed by atoms with Crippen LogP contribution in [0.5, 0.6) is 5.75 Å². The van der Waals surface area contributed by atoms with Gasteiger partial charge in [0.2, 0.25) is 5.84 Å². The number of ether oxygens (including phenoxy) is 2. The van der Waals surface area contributed by atoms with Gasteiger partial charge < -0.3 is 19.4 Å². The van der Waals surface area contributed by atoms with Gasteiger partial charge in [-0.25, -0.2) is 9.78 Å². The lowest BCUT2D eigenvalue weighted by Crippen LogP contribution is -2.40. The van der Waals surface area contributed by atoms with E-state index < -0.39 is 23.5 Å². The highest BCUT2D eigenvalue weighted by Gasteiger charge is 2.30. The molecule has 13 nitrogen and oxygen atoms in total. The Balaban J connectivity index is 1.55. The first-order valence-electron chi connectivity index (χ1n) is 12.5. The third kappa shape index (κ3) is 5.46. The number of likely N-dealkylation sites (tertiary alicyclic amines) is 1. The van der Waals surface area contributed by atoms with Gasteiger partial charge >= 0.3 is 5.97 Å². The van der Waals surface area contributed by atoms with Gasteiger partial charge in [-0.1, -0.05) is 6.07 Å². The molecule has 4 heterocycles. The van der Waals surface area contributed by atoms with Crippen LogP contribution >= 0.6 is 0 Å². The molecule has 206 valence electrons. The van der Waals surface area contributed by atoms with Gasteiger partial charge in [0.05, 0.1) is 47.6 Å². The number of hydrogen-bond acceptors (Lipinski definition) is 10. The van der Waals surface area contributed by atoms with Crippen LogP contribution in [0.3, 0.4) is 0 Å². The number of ketones is 1. The average Bonchev–Trinajstić information content (AvgIpc) is 3.43. The number of carbonyl (C=O) groups is 3. The molecule has 1 saturated heterocycles. The van der Waals surface area contributed by atoms with Crippen molar-refractivity contribution in [2.45, 2.75) is 19.8 Å². The number of hydrazine groups is 1. The number of aromatic nitrogens is 3. The average molecular weight is 545 g/mol. The van der Waals surface area contributed by atoms with Crippen LogP contribution in [0, 0.1) is 16.7 Å². The normalized spacial score (nSPS) is 12.8. The summed E-state index contributed by atoms with van der Waals surface area (Å²) >= 11 is 0. The molecule has 1 aliphatic rings. The Hall–Kier alpha value is -5.25. The van der Waals surface area contributed by atoms with Crippen LogP contribution in [-0.2, 0) is 14.3 Å². The van der Waals surface area contributed by atoms with Crippen molar-refractivity contribution in [2.24, 2.45) is 0 Å². The SMILES string of the molecule is CCOC(=O)C(=N)N(C)Nc1ncc(OC)c2c(C(=O)C(=O)N3CCC(=C(C#N)c4ccccn4)CC3)c[nH]c12. The molecule has 0 aromatic carbocycles. The summed E-state index contributed by atoms with van der Waals surface area (Å²) in [6.45, 7) is 2.32. The van der Waals surface area contributed by atoms with Crippen molar-refractivity contribution in [3.63, 3.8) is 0 Å². The number of pyridine rings is 2. The first-order chi connectivity index (χ1) is 19.3. The van der Waals surface area contributed by atoms with Gasteiger partial charge in [0.15, 0.2) is 5.82 Å². The lowest BCUT2D eigenvalue weighted by molar-refractivity contribution is -0.135. The van der Waals surface area contributed by atoms with Crippen LogP contribution in [-0.4, -0.2) is 82.2 Å². The molecule has 0 spiro atoms. The summed E-state index contributed by atoms with van der Waals surface area (Å²) in [5.74, 6) is -2.22. The van der Waals surface area contributed by atoms with Crippen molar-refractivity contribution in [1.29, 1.82) is 10.7 Å². The van der Waals surface area contributed by atoms with Gasteiger partial charge in [-0.05, 0) is 37.5 Å². The maximum absolute atomic E-state index is 13.4. The van der Waals surface area contributed by atoms with E-state index in [1.54, 1.807) is 25.3 Å². The number of amides is 1. The van der Waals surface area contributed by atoms with E-state index >= 15 is 0 Å². The molecule has 3 N–H and O–H groups in total. The summed E-state index contributed by atoms with van der Waals surface area (Å²) in [5.41, 5.74) is 5.24. The molecule has 40 heavy (non-hydrogen) atoms. The Morgan fingerprint density at radius 3 is 2.62 bits per heavy atom. The van der Waals surface area contributed by atoms with E-state index in [4.69, 9.17) is 14.9 Å². The molecule has 0 atom stereocenters. The minimum atomic E-state index is -0.823. The van der Waals surface area contributed by atoms with Gasteiger partial charge in [-0.2, -0.15) is 5.26 Å². The Bertz CT molecular complexity index is 1530. The number of amidine groups is 1. The van der Waals surface area contributed by atoms with Gasteiger partial charge in [-0.15, -0.1) is 0 Å². The second-order valence-electron chi connectivity index (χ2n) is 8.79. The van der Waals surface area contributed by atoms with Crippen molar-refractivity contribution >= 4 is 45.8 Å². The largest absolute Gasteiger partial charge is 0.494 e. The molecular formula is C27H28N8O5. The maximum atomic E-state index is 13.4. The standard InChI is InChI=1S/C27H28N8O5/c1-4-40-27(38)24(29)34(2)33-25-22-21(20(39-3)15-32-25)18(14-31-22)23(36)26(37)35-11-8-16(9-12-35)17(13-28)19-7-5-6-10-30-19/h5-7,10,14-15,29,31H,4,8-9,11-12H2,1-3H3,(H,32,33). The summed E-state index contributed by atoms with van der Waals surface area (Å²) in [7, 11) is 2.86. The summed E-state index contributed by atoms with van der Waals surface area (Å²) in [6, 6.07) is 7.58. The number of Topliss-reactive ketones (excluding diaryl/α,β-unsaturated/α-hetero) is 1. The molecule has 0 aliphatic carbocycles. The Morgan fingerprint density at radius 2 is 2.00 bits per heavy atom. The predicted octanol–water partition coefficient (Wildman–Crippen LogP) is 2.55. The molecule has 0 bridgehead atoms. The zero-order valence-corrected chi connectivity index (χ0v) is 22.3. The van der Waals surface area contributed by atoms with Crippen LogP contribution in [0.2, 0.25) is 0 Å². The van der Waals surface area contributed by atoms with E-state index in [2.05, 4.69) is 26.4 Å². The fourth-order valence-corrected chi connectivity index (χ4v) is 4.40. The molecule has 0 radical (unpaired) electrons. The molecule has 1 amide bonds. The van der Waals surface area contributed by atoms with Crippen LogP contribution in [0.25, 0.3) is 16.5 Å². The number of H-pyrrole nitrogens is 1.